The molecule has 2 bridgehead atoms. The number of nitrogens with zero attached hydrogens (tertiary/aromatic N) is 4. The molecule has 2 saturated heterocycles. The molecule has 0 saturated carbocycles. The van der Waals surface area contributed by atoms with Crippen LogP contribution in [0.5, 0.6) is 0 Å². The summed E-state index contributed by atoms with van der Waals surface area (Å²) in [6, 6.07) is 3.64. The average molecular weight is 339 g/mol. The third-order valence-electron chi connectivity index (χ3n) is 4.81. The third kappa shape index (κ3) is 3.32. The van der Waals surface area contributed by atoms with E-state index < -0.39 is 0 Å². The Morgan fingerprint density at radius 2 is 2.16 bits per heavy atom. The lowest BCUT2D eigenvalue weighted by Gasteiger charge is -2.32. The van der Waals surface area contributed by atoms with Crippen molar-refractivity contribution in [1.82, 2.24) is 15.0 Å². The highest BCUT2D eigenvalue weighted by Gasteiger charge is 2.45. The standard InChI is InChI=1S/C18H21N5O2/c1-2-12-7-20-18(21-8-12)23-10-14-6-15(16(11-23)25-14)17(24)22-13-4-3-5-19-9-13/h3-5,7-9,14-16H,2,6,10-11H2,1H3,(H,22,24). The highest BCUT2D eigenvalue weighted by molar-refractivity contribution is 5.93. The quantitative estimate of drug-likeness (QED) is 0.913. The van der Waals surface area contributed by atoms with Crippen molar-refractivity contribution in [2.75, 3.05) is 23.3 Å². The van der Waals surface area contributed by atoms with E-state index in [1.54, 1.807) is 18.5 Å². The summed E-state index contributed by atoms with van der Waals surface area (Å²) >= 11 is 0. The third-order valence-corrected chi connectivity index (χ3v) is 4.81. The minimum Gasteiger partial charge on any atom is -0.370 e. The molecule has 7 nitrogen and oxygen atoms in total. The monoisotopic (exact) mass is 339 g/mol. The van der Waals surface area contributed by atoms with Gasteiger partial charge in [0.1, 0.15) is 0 Å². The van der Waals surface area contributed by atoms with Gasteiger partial charge in [-0.1, -0.05) is 6.92 Å². The van der Waals surface area contributed by atoms with E-state index in [9.17, 15) is 4.79 Å². The number of aromatic nitrogens is 3. The molecule has 130 valence electrons. The van der Waals surface area contributed by atoms with Crippen LogP contribution in [0.25, 0.3) is 0 Å². The molecule has 2 aromatic rings. The Morgan fingerprint density at radius 1 is 1.32 bits per heavy atom. The second-order valence-electron chi connectivity index (χ2n) is 6.52. The predicted molar refractivity (Wildman–Crippen MR) is 93.3 cm³/mol. The number of carbonyl (C=O) groups is 1. The number of nitrogens with one attached hydrogen (secondary N) is 1. The number of amides is 1. The number of carbonyl (C=O) groups excluding carboxylic acids is 1. The maximum Gasteiger partial charge on any atom is 0.230 e. The zero-order valence-electron chi connectivity index (χ0n) is 14.1. The molecule has 0 spiro atoms. The first-order valence-corrected chi connectivity index (χ1v) is 8.65. The predicted octanol–water partition coefficient (Wildman–Crippen LogP) is 1.67. The maximum atomic E-state index is 12.6. The van der Waals surface area contributed by atoms with E-state index in [-0.39, 0.29) is 24.0 Å². The molecule has 0 aromatic carbocycles. The summed E-state index contributed by atoms with van der Waals surface area (Å²) in [6.45, 7) is 3.44. The summed E-state index contributed by atoms with van der Waals surface area (Å²) < 4.78 is 5.99. The molecule has 3 atom stereocenters. The zero-order chi connectivity index (χ0) is 17.2. The minimum absolute atomic E-state index is 0.00963. The van der Waals surface area contributed by atoms with E-state index in [4.69, 9.17) is 4.74 Å². The van der Waals surface area contributed by atoms with Crippen LogP contribution in [0.15, 0.2) is 36.9 Å². The first-order chi connectivity index (χ1) is 12.2. The van der Waals surface area contributed by atoms with Gasteiger partial charge < -0.3 is 15.0 Å². The van der Waals surface area contributed by atoms with E-state index in [2.05, 4.69) is 32.1 Å². The fourth-order valence-corrected chi connectivity index (χ4v) is 3.46. The van der Waals surface area contributed by atoms with Gasteiger partial charge in [-0.3, -0.25) is 9.78 Å². The molecule has 2 aliphatic rings. The molecule has 3 unspecified atom stereocenters. The summed E-state index contributed by atoms with van der Waals surface area (Å²) in [5, 5.41) is 2.93. The van der Waals surface area contributed by atoms with Crippen molar-refractivity contribution in [3.8, 4) is 0 Å². The number of pyridine rings is 1. The topological polar surface area (TPSA) is 80.2 Å². The molecule has 7 heteroatoms. The van der Waals surface area contributed by atoms with Gasteiger partial charge >= 0.3 is 0 Å². The lowest BCUT2D eigenvalue weighted by atomic mass is 9.99. The van der Waals surface area contributed by atoms with Crippen molar-refractivity contribution in [3.05, 3.63) is 42.5 Å². The summed E-state index contributed by atoms with van der Waals surface area (Å²) in [5.41, 5.74) is 1.83. The van der Waals surface area contributed by atoms with Crippen molar-refractivity contribution in [2.45, 2.75) is 32.0 Å². The fourth-order valence-electron chi connectivity index (χ4n) is 3.46. The van der Waals surface area contributed by atoms with Gasteiger partial charge in [0, 0.05) is 31.7 Å². The summed E-state index contributed by atoms with van der Waals surface area (Å²) in [7, 11) is 0. The summed E-state index contributed by atoms with van der Waals surface area (Å²) in [5.74, 6) is 0.540. The van der Waals surface area contributed by atoms with E-state index in [0.717, 1.165) is 24.9 Å². The van der Waals surface area contributed by atoms with Gasteiger partial charge in [0.15, 0.2) is 0 Å². The van der Waals surface area contributed by atoms with E-state index in [1.165, 1.54) is 0 Å². The number of rotatable bonds is 4. The van der Waals surface area contributed by atoms with Crippen LogP contribution < -0.4 is 10.2 Å². The first kappa shape index (κ1) is 16.0. The Hall–Kier alpha value is -2.54. The van der Waals surface area contributed by atoms with Crippen LogP contribution in [0.4, 0.5) is 11.6 Å². The zero-order valence-corrected chi connectivity index (χ0v) is 14.1. The molecule has 0 aliphatic carbocycles. The fraction of sp³-hybridized carbons (Fsp3) is 0.444. The lowest BCUT2D eigenvalue weighted by molar-refractivity contribution is -0.121. The van der Waals surface area contributed by atoms with Crippen molar-refractivity contribution >= 4 is 17.5 Å². The molecule has 1 N–H and O–H groups in total. The van der Waals surface area contributed by atoms with Gasteiger partial charge in [0.05, 0.1) is 30.0 Å². The van der Waals surface area contributed by atoms with Gasteiger partial charge in [-0.05, 0) is 30.5 Å². The van der Waals surface area contributed by atoms with Crippen LogP contribution in [-0.4, -0.2) is 46.2 Å². The highest BCUT2D eigenvalue weighted by Crippen LogP contribution is 2.33. The number of fused-ring (bicyclic) bond motifs is 2. The Kier molecular flexibility index (Phi) is 4.31. The summed E-state index contributed by atoms with van der Waals surface area (Å²) in [4.78, 5) is 27.7. The number of aryl methyl sites for hydroxylation is 1. The number of hydrogen-bond donors (Lipinski definition) is 1. The minimum atomic E-state index is -0.162. The maximum absolute atomic E-state index is 12.6. The van der Waals surface area contributed by atoms with Gasteiger partial charge in [-0.2, -0.15) is 0 Å². The van der Waals surface area contributed by atoms with Crippen LogP contribution in [0.1, 0.15) is 18.9 Å². The van der Waals surface area contributed by atoms with Crippen molar-refractivity contribution in [2.24, 2.45) is 5.92 Å². The van der Waals surface area contributed by atoms with E-state index in [0.29, 0.717) is 18.2 Å². The highest BCUT2D eigenvalue weighted by atomic mass is 16.5. The molecule has 25 heavy (non-hydrogen) atoms. The molecule has 4 heterocycles. The second kappa shape index (κ2) is 6.76. The number of ether oxygens (including phenoxy) is 1. The van der Waals surface area contributed by atoms with Crippen LogP contribution >= 0.6 is 0 Å². The van der Waals surface area contributed by atoms with Crippen LogP contribution in [-0.2, 0) is 16.0 Å². The van der Waals surface area contributed by atoms with E-state index in [1.807, 2.05) is 18.5 Å². The lowest BCUT2D eigenvalue weighted by Crippen LogP contribution is -2.45. The first-order valence-electron chi connectivity index (χ1n) is 8.65. The molecule has 2 aromatic heterocycles. The van der Waals surface area contributed by atoms with Crippen LogP contribution in [0.3, 0.4) is 0 Å². The normalized spacial score (nSPS) is 25.0. The van der Waals surface area contributed by atoms with Gasteiger partial charge in [-0.15, -0.1) is 0 Å². The van der Waals surface area contributed by atoms with Crippen LogP contribution in [0.2, 0.25) is 0 Å². The van der Waals surface area contributed by atoms with E-state index >= 15 is 0 Å². The van der Waals surface area contributed by atoms with Crippen molar-refractivity contribution in [1.29, 1.82) is 0 Å². The Labute approximate surface area is 146 Å². The molecular weight excluding hydrogens is 318 g/mol. The Bertz CT molecular complexity index is 737. The number of morpholine rings is 1. The molecule has 2 aliphatic heterocycles. The second-order valence-corrected chi connectivity index (χ2v) is 6.52. The number of anilines is 2. The number of hydrogen-bond acceptors (Lipinski definition) is 6. The molecular formula is C18H21N5O2. The molecule has 2 fully saturated rings. The Morgan fingerprint density at radius 3 is 2.88 bits per heavy atom. The van der Waals surface area contributed by atoms with Crippen molar-refractivity contribution < 1.29 is 9.53 Å². The SMILES string of the molecule is CCc1cnc(N2CC3CC(C(=O)Nc4cccnc4)C(C2)O3)nc1. The van der Waals surface area contributed by atoms with Crippen LogP contribution in [0, 0.1) is 5.92 Å². The summed E-state index contributed by atoms with van der Waals surface area (Å²) in [6.07, 6.45) is 8.62. The van der Waals surface area contributed by atoms with Gasteiger partial charge in [0.2, 0.25) is 11.9 Å². The van der Waals surface area contributed by atoms with Crippen molar-refractivity contribution in [3.63, 3.8) is 0 Å². The van der Waals surface area contributed by atoms with Gasteiger partial charge in [-0.25, -0.2) is 9.97 Å². The molecule has 1 amide bonds. The largest absolute Gasteiger partial charge is 0.370 e. The Balaban J connectivity index is 1.44. The average Bonchev–Trinajstić information content (AvgIpc) is 2.96. The molecule has 4 rings (SSSR count). The van der Waals surface area contributed by atoms with Gasteiger partial charge in [0.25, 0.3) is 0 Å². The smallest absolute Gasteiger partial charge is 0.230 e. The molecule has 0 radical (unpaired) electrons.